The van der Waals surface area contributed by atoms with E-state index >= 15 is 0 Å². The lowest BCUT2D eigenvalue weighted by Gasteiger charge is -2.07. The van der Waals surface area contributed by atoms with Crippen molar-refractivity contribution >= 4 is 15.9 Å². The van der Waals surface area contributed by atoms with Crippen molar-refractivity contribution in [2.75, 3.05) is 0 Å². The van der Waals surface area contributed by atoms with Gasteiger partial charge in [-0.25, -0.2) is 0 Å². The van der Waals surface area contributed by atoms with Crippen LogP contribution in [-0.2, 0) is 33.1 Å². The van der Waals surface area contributed by atoms with E-state index in [4.69, 9.17) is 0 Å². The van der Waals surface area contributed by atoms with Crippen molar-refractivity contribution in [1.82, 2.24) is 24.9 Å². The van der Waals surface area contributed by atoms with Gasteiger partial charge in [-0.2, -0.15) is 10.2 Å². The molecule has 0 unspecified atom stereocenters. The van der Waals surface area contributed by atoms with Gasteiger partial charge in [-0.15, -0.1) is 0 Å². The van der Waals surface area contributed by atoms with Crippen molar-refractivity contribution in [3.63, 3.8) is 0 Å². The third kappa shape index (κ3) is 3.06. The summed E-state index contributed by atoms with van der Waals surface area (Å²) in [5.74, 6) is 0. The molecule has 0 saturated heterocycles. The summed E-state index contributed by atoms with van der Waals surface area (Å²) in [6.07, 6.45) is 2.76. The topological polar surface area (TPSA) is 47.7 Å². The Morgan fingerprint density at radius 2 is 2.11 bits per heavy atom. The van der Waals surface area contributed by atoms with Crippen LogP contribution in [0.3, 0.4) is 0 Å². The number of rotatable bonds is 6. The number of hydrogen-bond donors (Lipinski definition) is 1. The quantitative estimate of drug-likeness (QED) is 0.886. The number of nitrogens with zero attached hydrogens (tertiary/aromatic N) is 4. The van der Waals surface area contributed by atoms with Gasteiger partial charge in [-0.3, -0.25) is 9.36 Å². The summed E-state index contributed by atoms with van der Waals surface area (Å²) in [5, 5.41) is 12.2. The zero-order valence-corrected chi connectivity index (χ0v) is 13.2. The van der Waals surface area contributed by atoms with Crippen molar-refractivity contribution < 1.29 is 0 Å². The van der Waals surface area contributed by atoms with Gasteiger partial charge < -0.3 is 5.32 Å². The minimum atomic E-state index is 0.798. The van der Waals surface area contributed by atoms with Crippen LogP contribution in [0.25, 0.3) is 0 Å². The number of halogens is 1. The lowest BCUT2D eigenvalue weighted by atomic mass is 10.3. The van der Waals surface area contributed by atoms with Crippen LogP contribution in [0.1, 0.15) is 30.9 Å². The highest BCUT2D eigenvalue weighted by molar-refractivity contribution is 9.10. The number of nitrogens with one attached hydrogen (secondary N) is 1. The smallest absolute Gasteiger partial charge is 0.0767 e. The van der Waals surface area contributed by atoms with E-state index in [2.05, 4.69) is 50.0 Å². The normalized spacial score (nSPS) is 11.2. The van der Waals surface area contributed by atoms with Crippen LogP contribution in [0.5, 0.6) is 0 Å². The van der Waals surface area contributed by atoms with Gasteiger partial charge in [0.05, 0.1) is 21.6 Å². The van der Waals surface area contributed by atoms with Gasteiger partial charge in [-0.05, 0) is 35.3 Å². The van der Waals surface area contributed by atoms with Crippen LogP contribution in [0.2, 0.25) is 0 Å². The van der Waals surface area contributed by atoms with Crippen LogP contribution in [-0.4, -0.2) is 19.6 Å². The summed E-state index contributed by atoms with van der Waals surface area (Å²) < 4.78 is 5.07. The maximum absolute atomic E-state index is 4.59. The van der Waals surface area contributed by atoms with E-state index in [-0.39, 0.29) is 0 Å². The zero-order valence-electron chi connectivity index (χ0n) is 11.6. The van der Waals surface area contributed by atoms with Crippen LogP contribution < -0.4 is 5.32 Å². The summed E-state index contributed by atoms with van der Waals surface area (Å²) >= 11 is 3.66. The Labute approximate surface area is 122 Å². The molecule has 0 aliphatic rings. The first-order valence-corrected chi connectivity index (χ1v) is 7.38. The third-order valence-electron chi connectivity index (χ3n) is 3.22. The molecular formula is C13H20BrN5. The molecule has 0 aliphatic carbocycles. The van der Waals surface area contributed by atoms with E-state index < -0.39 is 0 Å². The van der Waals surface area contributed by atoms with Crippen LogP contribution in [0.15, 0.2) is 16.7 Å². The second-order valence-electron chi connectivity index (χ2n) is 4.43. The molecule has 2 aromatic rings. The minimum absolute atomic E-state index is 0.798. The molecule has 0 atom stereocenters. The van der Waals surface area contributed by atoms with Gasteiger partial charge in [0.1, 0.15) is 0 Å². The lowest BCUT2D eigenvalue weighted by molar-refractivity contribution is 0.564. The van der Waals surface area contributed by atoms with Gasteiger partial charge >= 0.3 is 0 Å². The van der Waals surface area contributed by atoms with Crippen LogP contribution in [0, 0.1) is 0 Å². The number of aryl methyl sites for hydroxylation is 3. The van der Waals surface area contributed by atoms with Crippen molar-refractivity contribution in [3.8, 4) is 0 Å². The summed E-state index contributed by atoms with van der Waals surface area (Å²) in [6, 6.07) is 2.02. The molecule has 0 aromatic carbocycles. The molecule has 2 rings (SSSR count). The van der Waals surface area contributed by atoms with E-state index in [0.29, 0.717) is 0 Å². The fraction of sp³-hybridized carbons (Fsp3) is 0.538. The molecule has 1 N–H and O–H groups in total. The Hall–Kier alpha value is -1.14. The Bertz CT molecular complexity index is 543. The lowest BCUT2D eigenvalue weighted by Crippen LogP contribution is -2.18. The summed E-state index contributed by atoms with van der Waals surface area (Å²) in [7, 11) is 1.96. The molecule has 0 radical (unpaired) electrons. The SMILES string of the molecule is CCc1nn(CC)c(CNCc2ccnn2C)c1Br. The molecule has 19 heavy (non-hydrogen) atoms. The molecule has 0 aliphatic heterocycles. The number of aromatic nitrogens is 4. The molecule has 104 valence electrons. The standard InChI is InChI=1S/C13H20BrN5/c1-4-11-13(14)12(19(5-2)17-11)9-15-8-10-6-7-16-18(10)3/h6-7,15H,4-5,8-9H2,1-3H3. The Morgan fingerprint density at radius 1 is 1.32 bits per heavy atom. The molecule has 2 heterocycles. The average Bonchev–Trinajstić information content (AvgIpc) is 2.95. The maximum Gasteiger partial charge on any atom is 0.0767 e. The average molecular weight is 326 g/mol. The molecule has 5 nitrogen and oxygen atoms in total. The van der Waals surface area contributed by atoms with E-state index in [0.717, 1.165) is 36.2 Å². The largest absolute Gasteiger partial charge is 0.305 e. The molecule has 0 fully saturated rings. The third-order valence-corrected chi connectivity index (χ3v) is 4.13. The van der Waals surface area contributed by atoms with E-state index in [1.54, 1.807) is 0 Å². The molecule has 0 bridgehead atoms. The monoisotopic (exact) mass is 325 g/mol. The highest BCUT2D eigenvalue weighted by atomic mass is 79.9. The van der Waals surface area contributed by atoms with E-state index in [9.17, 15) is 0 Å². The van der Waals surface area contributed by atoms with Crippen LogP contribution >= 0.6 is 15.9 Å². The second kappa shape index (κ2) is 6.34. The van der Waals surface area contributed by atoms with Gasteiger partial charge in [0, 0.05) is 32.9 Å². The van der Waals surface area contributed by atoms with Crippen molar-refractivity contribution in [3.05, 3.63) is 33.8 Å². The molecule has 0 spiro atoms. The molecular weight excluding hydrogens is 306 g/mol. The number of hydrogen-bond acceptors (Lipinski definition) is 3. The fourth-order valence-electron chi connectivity index (χ4n) is 2.07. The first-order chi connectivity index (χ1) is 9.17. The van der Waals surface area contributed by atoms with Gasteiger partial charge in [-0.1, -0.05) is 6.92 Å². The summed E-state index contributed by atoms with van der Waals surface area (Å²) in [6.45, 7) is 6.73. The summed E-state index contributed by atoms with van der Waals surface area (Å²) in [4.78, 5) is 0. The van der Waals surface area contributed by atoms with Gasteiger partial charge in [0.15, 0.2) is 0 Å². The first kappa shape index (κ1) is 14.3. The Kier molecular flexibility index (Phi) is 4.76. The molecule has 2 aromatic heterocycles. The minimum Gasteiger partial charge on any atom is -0.305 e. The second-order valence-corrected chi connectivity index (χ2v) is 5.22. The van der Waals surface area contributed by atoms with Crippen LogP contribution in [0.4, 0.5) is 0 Å². The van der Waals surface area contributed by atoms with E-state index in [1.165, 1.54) is 11.4 Å². The highest BCUT2D eigenvalue weighted by Crippen LogP contribution is 2.22. The van der Waals surface area contributed by atoms with Gasteiger partial charge in [0.25, 0.3) is 0 Å². The highest BCUT2D eigenvalue weighted by Gasteiger charge is 2.13. The van der Waals surface area contributed by atoms with Crippen molar-refractivity contribution in [2.24, 2.45) is 7.05 Å². The Balaban J connectivity index is 2.03. The van der Waals surface area contributed by atoms with Crippen molar-refractivity contribution in [2.45, 2.75) is 39.9 Å². The molecule has 0 amide bonds. The Morgan fingerprint density at radius 3 is 2.68 bits per heavy atom. The predicted octanol–water partition coefficient (Wildman–Crippen LogP) is 2.25. The van der Waals surface area contributed by atoms with E-state index in [1.807, 2.05) is 24.0 Å². The molecule has 6 heteroatoms. The maximum atomic E-state index is 4.59. The first-order valence-electron chi connectivity index (χ1n) is 6.59. The summed E-state index contributed by atoms with van der Waals surface area (Å²) in [5.41, 5.74) is 3.51. The fourth-order valence-corrected chi connectivity index (χ4v) is 2.77. The molecule has 0 saturated carbocycles. The zero-order chi connectivity index (χ0) is 13.8. The predicted molar refractivity (Wildman–Crippen MR) is 78.7 cm³/mol. The van der Waals surface area contributed by atoms with Gasteiger partial charge in [0.2, 0.25) is 0 Å². The van der Waals surface area contributed by atoms with Crippen molar-refractivity contribution in [1.29, 1.82) is 0 Å².